The number of rotatable bonds is 5. The van der Waals surface area contributed by atoms with Crippen molar-refractivity contribution in [2.75, 3.05) is 12.9 Å². The van der Waals surface area contributed by atoms with Gasteiger partial charge in [-0.05, 0) is 36.4 Å². The molecular weight excluding hydrogens is 424 g/mol. The van der Waals surface area contributed by atoms with Crippen LogP contribution in [0.15, 0.2) is 52.4 Å². The average Bonchev–Trinajstić information content (AvgIpc) is 3.09. The maximum absolute atomic E-state index is 12.7. The van der Waals surface area contributed by atoms with Crippen LogP contribution in [0, 0.1) is 12.3 Å². The van der Waals surface area contributed by atoms with Gasteiger partial charge in [-0.15, -0.1) is 6.42 Å². The molecule has 154 valence electrons. The maximum atomic E-state index is 12.7. The van der Waals surface area contributed by atoms with Crippen LogP contribution in [0.3, 0.4) is 0 Å². The third kappa shape index (κ3) is 4.20. The quantitative estimate of drug-likeness (QED) is 0.447. The summed E-state index contributed by atoms with van der Waals surface area (Å²) in [6.07, 6.45) is 5.47. The maximum Gasteiger partial charge on any atom is 0.337 e. The zero-order valence-electron chi connectivity index (χ0n) is 16.3. The SMILES string of the molecule is C#CCn1c(=NC(=O)c2cccc(S(=O)(=O)CC)c2)sc2cc(C(=O)OC)ccc21. The summed E-state index contributed by atoms with van der Waals surface area (Å²) in [6, 6.07) is 10.8. The Morgan fingerprint density at radius 2 is 1.97 bits per heavy atom. The molecule has 0 fully saturated rings. The number of carbonyl (C=O) groups is 2. The minimum atomic E-state index is -3.45. The molecule has 0 bridgehead atoms. The van der Waals surface area contributed by atoms with Gasteiger partial charge in [0.05, 0.1) is 40.1 Å². The summed E-state index contributed by atoms with van der Waals surface area (Å²) in [5, 5.41) is 0. The van der Waals surface area contributed by atoms with Gasteiger partial charge in [-0.2, -0.15) is 4.99 Å². The molecule has 0 spiro atoms. The number of ether oxygens (including phenoxy) is 1. The van der Waals surface area contributed by atoms with Crippen LogP contribution in [0.4, 0.5) is 0 Å². The van der Waals surface area contributed by atoms with Gasteiger partial charge in [0.25, 0.3) is 5.91 Å². The highest BCUT2D eigenvalue weighted by molar-refractivity contribution is 7.91. The van der Waals surface area contributed by atoms with E-state index < -0.39 is 21.7 Å². The van der Waals surface area contributed by atoms with Gasteiger partial charge in [-0.3, -0.25) is 4.79 Å². The fraction of sp³-hybridized carbons (Fsp3) is 0.190. The smallest absolute Gasteiger partial charge is 0.337 e. The Bertz CT molecular complexity index is 1360. The molecule has 0 unspecified atom stereocenters. The van der Waals surface area contributed by atoms with Crippen molar-refractivity contribution in [1.82, 2.24) is 4.57 Å². The average molecular weight is 443 g/mol. The van der Waals surface area contributed by atoms with Crippen molar-refractivity contribution in [2.24, 2.45) is 4.99 Å². The molecule has 1 heterocycles. The number of thiazole rings is 1. The van der Waals surface area contributed by atoms with E-state index in [4.69, 9.17) is 11.2 Å². The minimum absolute atomic E-state index is 0.0667. The Hall–Kier alpha value is -3.22. The third-order valence-corrected chi connectivity index (χ3v) is 7.14. The number of benzene rings is 2. The van der Waals surface area contributed by atoms with Crippen molar-refractivity contribution in [1.29, 1.82) is 0 Å². The summed E-state index contributed by atoms with van der Waals surface area (Å²) >= 11 is 1.20. The van der Waals surface area contributed by atoms with E-state index in [-0.39, 0.29) is 22.8 Å². The van der Waals surface area contributed by atoms with Gasteiger partial charge in [-0.1, -0.05) is 30.2 Å². The van der Waals surface area contributed by atoms with Gasteiger partial charge in [0.2, 0.25) is 0 Å². The minimum Gasteiger partial charge on any atom is -0.465 e. The number of aromatic nitrogens is 1. The van der Waals surface area contributed by atoms with Gasteiger partial charge in [-0.25, -0.2) is 13.2 Å². The number of amides is 1. The van der Waals surface area contributed by atoms with Crippen molar-refractivity contribution in [3.8, 4) is 12.3 Å². The molecule has 0 aliphatic heterocycles. The highest BCUT2D eigenvalue weighted by atomic mass is 32.2. The van der Waals surface area contributed by atoms with Crippen LogP contribution < -0.4 is 4.80 Å². The molecule has 0 saturated carbocycles. The Labute approximate surface area is 177 Å². The summed E-state index contributed by atoms with van der Waals surface area (Å²) in [4.78, 5) is 29.1. The lowest BCUT2D eigenvalue weighted by molar-refractivity contribution is 0.0600. The summed E-state index contributed by atoms with van der Waals surface area (Å²) in [5.41, 5.74) is 1.25. The standard InChI is InChI=1S/C21H18N2O5S2/c1-4-11-23-17-10-9-15(20(25)28-3)13-18(17)29-21(23)22-19(24)14-7-6-8-16(12-14)30(26,27)5-2/h1,6-10,12-13H,5,11H2,2-3H3. The van der Waals surface area contributed by atoms with Crippen molar-refractivity contribution in [2.45, 2.75) is 18.4 Å². The largest absolute Gasteiger partial charge is 0.465 e. The predicted molar refractivity (Wildman–Crippen MR) is 114 cm³/mol. The highest BCUT2D eigenvalue weighted by Crippen LogP contribution is 2.20. The number of nitrogens with zero attached hydrogens (tertiary/aromatic N) is 2. The second-order valence-electron chi connectivity index (χ2n) is 6.20. The molecule has 1 amide bonds. The van der Waals surface area contributed by atoms with Gasteiger partial charge >= 0.3 is 5.97 Å². The molecule has 0 aliphatic carbocycles. The summed E-state index contributed by atoms with van der Waals surface area (Å²) in [5.74, 6) is 1.40. The van der Waals surface area contributed by atoms with Crippen LogP contribution in [0.1, 0.15) is 27.6 Å². The number of fused-ring (bicyclic) bond motifs is 1. The number of hydrogen-bond donors (Lipinski definition) is 0. The summed E-state index contributed by atoms with van der Waals surface area (Å²) in [7, 11) is -2.15. The van der Waals surface area contributed by atoms with E-state index in [1.54, 1.807) is 22.8 Å². The molecule has 3 aromatic rings. The van der Waals surface area contributed by atoms with Crippen LogP contribution in [-0.2, 0) is 21.1 Å². The van der Waals surface area contributed by atoms with Crippen LogP contribution in [0.2, 0.25) is 0 Å². The van der Waals surface area contributed by atoms with E-state index in [2.05, 4.69) is 10.9 Å². The molecule has 0 N–H and O–H groups in total. The number of terminal acetylenes is 1. The first-order valence-corrected chi connectivity index (χ1v) is 11.3. The number of carbonyl (C=O) groups excluding carboxylic acids is 2. The van der Waals surface area contributed by atoms with E-state index in [0.717, 1.165) is 5.52 Å². The topological polar surface area (TPSA) is 94.8 Å². The lowest BCUT2D eigenvalue weighted by Crippen LogP contribution is -2.16. The van der Waals surface area contributed by atoms with Gasteiger partial charge in [0, 0.05) is 5.56 Å². The molecule has 3 rings (SSSR count). The molecule has 7 nitrogen and oxygen atoms in total. The van der Waals surface area contributed by atoms with Crippen molar-refractivity contribution >= 4 is 43.3 Å². The Morgan fingerprint density at radius 1 is 1.20 bits per heavy atom. The molecule has 2 aromatic carbocycles. The number of esters is 1. The van der Waals surface area contributed by atoms with E-state index in [1.807, 2.05) is 0 Å². The highest BCUT2D eigenvalue weighted by Gasteiger charge is 2.15. The zero-order valence-corrected chi connectivity index (χ0v) is 17.9. The lowest BCUT2D eigenvalue weighted by atomic mass is 10.2. The zero-order chi connectivity index (χ0) is 21.9. The van der Waals surface area contributed by atoms with E-state index in [1.165, 1.54) is 49.6 Å². The fourth-order valence-corrected chi connectivity index (χ4v) is 4.78. The molecule has 0 saturated heterocycles. The van der Waals surface area contributed by atoms with E-state index in [0.29, 0.717) is 15.1 Å². The van der Waals surface area contributed by atoms with E-state index >= 15 is 0 Å². The van der Waals surface area contributed by atoms with Crippen LogP contribution in [0.25, 0.3) is 10.2 Å². The van der Waals surface area contributed by atoms with E-state index in [9.17, 15) is 18.0 Å². The number of methoxy groups -OCH3 is 1. The molecule has 30 heavy (non-hydrogen) atoms. The molecule has 0 atom stereocenters. The third-order valence-electron chi connectivity index (χ3n) is 4.37. The van der Waals surface area contributed by atoms with Crippen molar-refractivity contribution in [3.63, 3.8) is 0 Å². The fourth-order valence-electron chi connectivity index (χ4n) is 2.79. The normalized spacial score (nSPS) is 12.0. The second-order valence-corrected chi connectivity index (χ2v) is 9.48. The molecule has 9 heteroatoms. The Kier molecular flexibility index (Phi) is 6.20. The first kappa shape index (κ1) is 21.5. The molecule has 0 aliphatic rings. The van der Waals surface area contributed by atoms with Crippen molar-refractivity contribution < 1.29 is 22.7 Å². The molecule has 0 radical (unpaired) electrons. The Morgan fingerprint density at radius 3 is 2.63 bits per heavy atom. The van der Waals surface area contributed by atoms with Gasteiger partial charge in [0.15, 0.2) is 14.6 Å². The summed E-state index contributed by atoms with van der Waals surface area (Å²) < 4.78 is 31.3. The first-order valence-electron chi connectivity index (χ1n) is 8.87. The van der Waals surface area contributed by atoms with Crippen LogP contribution >= 0.6 is 11.3 Å². The Balaban J connectivity index is 2.12. The lowest BCUT2D eigenvalue weighted by Gasteiger charge is -2.03. The van der Waals surface area contributed by atoms with Crippen LogP contribution in [-0.4, -0.2) is 37.7 Å². The first-order chi connectivity index (χ1) is 14.3. The van der Waals surface area contributed by atoms with Gasteiger partial charge < -0.3 is 9.30 Å². The van der Waals surface area contributed by atoms with Gasteiger partial charge in [0.1, 0.15) is 0 Å². The summed E-state index contributed by atoms with van der Waals surface area (Å²) in [6.45, 7) is 1.71. The number of sulfone groups is 1. The second kappa shape index (κ2) is 8.65. The number of hydrogen-bond acceptors (Lipinski definition) is 6. The van der Waals surface area contributed by atoms with Crippen LogP contribution in [0.5, 0.6) is 0 Å². The molecular formula is C21H18N2O5S2. The predicted octanol–water partition coefficient (Wildman–Crippen LogP) is 2.66. The monoisotopic (exact) mass is 442 g/mol. The van der Waals surface area contributed by atoms with Crippen molar-refractivity contribution in [3.05, 3.63) is 58.4 Å². The molecule has 1 aromatic heterocycles.